The number of halogens is 6. The summed E-state index contributed by atoms with van der Waals surface area (Å²) in [6.45, 7) is 0. The molecule has 0 aliphatic carbocycles. The van der Waals surface area contributed by atoms with E-state index < -0.39 is 34.0 Å². The Labute approximate surface area is 125 Å². The van der Waals surface area contributed by atoms with Crippen LogP contribution in [0.5, 0.6) is 0 Å². The van der Waals surface area contributed by atoms with Crippen molar-refractivity contribution < 1.29 is 31.3 Å². The maximum atomic E-state index is 13.0. The molecule has 0 amide bonds. The Hall–Kier alpha value is -2.58. The van der Waals surface area contributed by atoms with Crippen LogP contribution in [0, 0.1) is 10.1 Å². The van der Waals surface area contributed by atoms with Crippen LogP contribution >= 0.6 is 0 Å². The molecule has 0 unspecified atom stereocenters. The molecule has 0 heterocycles. The van der Waals surface area contributed by atoms with Gasteiger partial charge in [0.2, 0.25) is 0 Å². The number of alkyl halides is 6. The molecule has 0 aromatic heterocycles. The fourth-order valence-electron chi connectivity index (χ4n) is 1.97. The maximum Gasteiger partial charge on any atom is 0.417 e. The highest BCUT2D eigenvalue weighted by molar-refractivity contribution is 5.69. The summed E-state index contributed by atoms with van der Waals surface area (Å²) in [6.07, 6.45) is -9.91. The summed E-state index contributed by atoms with van der Waals surface area (Å²) < 4.78 is 76.9. The normalized spacial score (nSPS) is 12.3. The van der Waals surface area contributed by atoms with Crippen molar-refractivity contribution in [1.29, 1.82) is 0 Å². The third-order valence-corrected chi connectivity index (χ3v) is 3.04. The number of nitro groups is 1. The van der Waals surface area contributed by atoms with Crippen LogP contribution < -0.4 is 0 Å². The van der Waals surface area contributed by atoms with Gasteiger partial charge in [-0.05, 0) is 35.4 Å². The quantitative estimate of drug-likeness (QED) is 0.425. The highest BCUT2D eigenvalue weighted by Gasteiger charge is 2.38. The zero-order valence-electron chi connectivity index (χ0n) is 11.1. The van der Waals surface area contributed by atoms with Gasteiger partial charge in [-0.25, -0.2) is 0 Å². The first kappa shape index (κ1) is 16.8. The Kier molecular flexibility index (Phi) is 4.06. The van der Waals surface area contributed by atoms with Gasteiger partial charge in [0.1, 0.15) is 0 Å². The first-order chi connectivity index (χ1) is 10.5. The van der Waals surface area contributed by atoms with Crippen LogP contribution in [0.1, 0.15) is 11.1 Å². The van der Waals surface area contributed by atoms with Gasteiger partial charge in [0.05, 0.1) is 16.1 Å². The number of hydrogen-bond donors (Lipinski definition) is 0. The topological polar surface area (TPSA) is 43.1 Å². The van der Waals surface area contributed by atoms with Gasteiger partial charge in [-0.3, -0.25) is 10.1 Å². The molecule has 9 heteroatoms. The molecule has 2 aromatic carbocycles. The van der Waals surface area contributed by atoms with E-state index in [1.807, 2.05) is 0 Å². The van der Waals surface area contributed by atoms with Crippen molar-refractivity contribution in [2.75, 3.05) is 0 Å². The number of nitro benzene ring substituents is 1. The molecule has 0 N–H and O–H groups in total. The lowest BCUT2D eigenvalue weighted by molar-refractivity contribution is -0.384. The molecule has 23 heavy (non-hydrogen) atoms. The van der Waals surface area contributed by atoms with Gasteiger partial charge in [0.15, 0.2) is 0 Å². The molecule has 2 aromatic rings. The Bertz CT molecular complexity index is 734. The molecule has 122 valence electrons. The van der Waals surface area contributed by atoms with E-state index in [1.54, 1.807) is 0 Å². The van der Waals surface area contributed by atoms with E-state index >= 15 is 0 Å². The number of benzene rings is 2. The van der Waals surface area contributed by atoms with E-state index in [9.17, 15) is 36.5 Å². The molecule has 0 bridgehead atoms. The van der Waals surface area contributed by atoms with Crippen LogP contribution in [0.2, 0.25) is 0 Å². The lowest BCUT2D eigenvalue weighted by Crippen LogP contribution is -2.12. The van der Waals surface area contributed by atoms with Gasteiger partial charge in [-0.1, -0.05) is 6.07 Å². The predicted octanol–water partition coefficient (Wildman–Crippen LogP) is 5.30. The molecule has 3 nitrogen and oxygen atoms in total. The van der Waals surface area contributed by atoms with Gasteiger partial charge < -0.3 is 0 Å². The first-order valence-electron chi connectivity index (χ1n) is 6.03. The molecule has 0 aliphatic heterocycles. The van der Waals surface area contributed by atoms with Crippen molar-refractivity contribution in [2.45, 2.75) is 12.4 Å². The van der Waals surface area contributed by atoms with Crippen LogP contribution in [-0.4, -0.2) is 4.92 Å². The van der Waals surface area contributed by atoms with Crippen molar-refractivity contribution in [2.24, 2.45) is 0 Å². The zero-order chi connectivity index (χ0) is 17.4. The van der Waals surface area contributed by atoms with Gasteiger partial charge in [0, 0.05) is 12.1 Å². The monoisotopic (exact) mass is 335 g/mol. The summed E-state index contributed by atoms with van der Waals surface area (Å²) in [5.41, 5.74) is -3.78. The largest absolute Gasteiger partial charge is 0.417 e. The van der Waals surface area contributed by atoms with Gasteiger partial charge in [-0.15, -0.1) is 0 Å². The average molecular weight is 335 g/mol. The van der Waals surface area contributed by atoms with E-state index in [0.29, 0.717) is 12.1 Å². The highest BCUT2D eigenvalue weighted by Crippen LogP contribution is 2.41. The lowest BCUT2D eigenvalue weighted by atomic mass is 9.96. The maximum absolute atomic E-state index is 13.0. The summed E-state index contributed by atoms with van der Waals surface area (Å²) in [5, 5.41) is 10.5. The van der Waals surface area contributed by atoms with E-state index in [1.165, 1.54) is 0 Å². The Balaban J connectivity index is 2.60. The highest BCUT2D eigenvalue weighted by atomic mass is 19.4. The lowest BCUT2D eigenvalue weighted by Gasteiger charge is -2.16. The third-order valence-electron chi connectivity index (χ3n) is 3.04. The molecule has 0 saturated heterocycles. The first-order valence-corrected chi connectivity index (χ1v) is 6.03. The van der Waals surface area contributed by atoms with Crippen molar-refractivity contribution in [1.82, 2.24) is 0 Å². The van der Waals surface area contributed by atoms with E-state index in [-0.39, 0.29) is 17.3 Å². The van der Waals surface area contributed by atoms with Crippen LogP contribution in [-0.2, 0) is 12.4 Å². The van der Waals surface area contributed by atoms with Gasteiger partial charge >= 0.3 is 12.4 Å². The second-order valence-corrected chi connectivity index (χ2v) is 4.56. The molecule has 0 fully saturated rings. The Morgan fingerprint density at radius 1 is 0.826 bits per heavy atom. The summed E-state index contributed by atoms with van der Waals surface area (Å²) in [7, 11) is 0. The van der Waals surface area contributed by atoms with Gasteiger partial charge in [-0.2, -0.15) is 26.3 Å². The second kappa shape index (κ2) is 5.56. The second-order valence-electron chi connectivity index (χ2n) is 4.56. The summed E-state index contributed by atoms with van der Waals surface area (Å²) in [5.74, 6) is 0. The van der Waals surface area contributed by atoms with Crippen molar-refractivity contribution in [3.8, 4) is 11.1 Å². The van der Waals surface area contributed by atoms with Crippen LogP contribution in [0.4, 0.5) is 32.0 Å². The van der Waals surface area contributed by atoms with Crippen molar-refractivity contribution in [3.63, 3.8) is 0 Å². The molecule has 0 spiro atoms. The summed E-state index contributed by atoms with van der Waals surface area (Å²) in [4.78, 5) is 9.80. The molecule has 0 saturated carbocycles. The summed E-state index contributed by atoms with van der Waals surface area (Å²) >= 11 is 0. The predicted molar refractivity (Wildman–Crippen MR) is 68.5 cm³/mol. The third kappa shape index (κ3) is 3.61. The molecule has 0 aliphatic rings. The summed E-state index contributed by atoms with van der Waals surface area (Å²) in [6, 6.07) is 5.32. The van der Waals surface area contributed by atoms with E-state index in [2.05, 4.69) is 0 Å². The zero-order valence-corrected chi connectivity index (χ0v) is 11.1. The van der Waals surface area contributed by atoms with E-state index in [4.69, 9.17) is 0 Å². The van der Waals surface area contributed by atoms with Crippen molar-refractivity contribution in [3.05, 3.63) is 63.7 Å². The number of non-ortho nitro benzene ring substituents is 1. The van der Waals surface area contributed by atoms with Crippen LogP contribution in [0.25, 0.3) is 11.1 Å². The van der Waals surface area contributed by atoms with Crippen LogP contribution in [0.15, 0.2) is 42.5 Å². The molecular weight excluding hydrogens is 328 g/mol. The van der Waals surface area contributed by atoms with Gasteiger partial charge in [0.25, 0.3) is 5.69 Å². The van der Waals surface area contributed by atoms with Crippen LogP contribution in [0.3, 0.4) is 0 Å². The SMILES string of the molecule is O=[N+]([O-])c1ccc(-c2ccc(C(F)(F)F)cc2C(F)(F)F)cc1. The molecule has 0 radical (unpaired) electrons. The smallest absolute Gasteiger partial charge is 0.258 e. The average Bonchev–Trinajstić information content (AvgIpc) is 2.45. The number of rotatable bonds is 2. The fourth-order valence-corrected chi connectivity index (χ4v) is 1.97. The minimum atomic E-state index is -5.00. The Morgan fingerprint density at radius 2 is 1.39 bits per heavy atom. The fraction of sp³-hybridized carbons (Fsp3) is 0.143. The Morgan fingerprint density at radius 3 is 1.83 bits per heavy atom. The van der Waals surface area contributed by atoms with Crippen molar-refractivity contribution >= 4 is 5.69 Å². The van der Waals surface area contributed by atoms with E-state index in [0.717, 1.165) is 24.3 Å². The minimum absolute atomic E-state index is 0.0245. The molecule has 2 rings (SSSR count). The number of hydrogen-bond acceptors (Lipinski definition) is 2. The molecule has 0 atom stereocenters. The minimum Gasteiger partial charge on any atom is -0.258 e. The standard InChI is InChI=1S/C14H7F6NO2/c15-13(16,17)9-3-6-11(12(7-9)14(18,19)20)8-1-4-10(5-2-8)21(22)23/h1-7H. The molecular formula is C14H7F6NO2. The number of nitrogens with zero attached hydrogens (tertiary/aromatic N) is 1.